The van der Waals surface area contributed by atoms with Crippen LogP contribution >= 0.6 is 24.0 Å². The number of aromatic nitrogens is 2. The molecule has 0 aliphatic carbocycles. The quantitative estimate of drug-likeness (QED) is 0.593. The molecule has 28 heavy (non-hydrogen) atoms. The van der Waals surface area contributed by atoms with Gasteiger partial charge in [-0.1, -0.05) is 30.0 Å². The number of thioether (sulfide) groups is 1. The molecule has 2 aromatic rings. The largest absolute Gasteiger partial charge is 0.376 e. The second-order valence-electron chi connectivity index (χ2n) is 6.57. The Labute approximate surface area is 171 Å². The summed E-state index contributed by atoms with van der Waals surface area (Å²) >= 11 is 6.61. The molecule has 2 aliphatic rings. The van der Waals surface area contributed by atoms with Crippen LogP contribution in [0.5, 0.6) is 0 Å². The zero-order chi connectivity index (χ0) is 19.7. The molecule has 0 unspecified atom stereocenters. The molecule has 2 aromatic heterocycles. The van der Waals surface area contributed by atoms with Crippen LogP contribution in [0, 0.1) is 0 Å². The van der Waals surface area contributed by atoms with Crippen molar-refractivity contribution in [2.45, 2.75) is 25.9 Å². The average molecular weight is 417 g/mol. The molecular formula is C19H20N4O3S2. The molecule has 0 radical (unpaired) electrons. The Morgan fingerprint density at radius 3 is 3.04 bits per heavy atom. The molecule has 0 aromatic carbocycles. The fourth-order valence-corrected chi connectivity index (χ4v) is 4.57. The monoisotopic (exact) mass is 416 g/mol. The Morgan fingerprint density at radius 2 is 2.29 bits per heavy atom. The summed E-state index contributed by atoms with van der Waals surface area (Å²) in [6.45, 7) is 3.72. The first-order chi connectivity index (χ1) is 13.6. The molecule has 9 heteroatoms. The molecular weight excluding hydrogens is 396 g/mol. The van der Waals surface area contributed by atoms with Crippen molar-refractivity contribution >= 4 is 51.7 Å². The molecule has 1 amide bonds. The maximum absolute atomic E-state index is 13.0. The molecule has 1 atom stereocenters. The second kappa shape index (κ2) is 8.02. The minimum Gasteiger partial charge on any atom is -0.376 e. The lowest BCUT2D eigenvalue weighted by molar-refractivity contribution is -0.123. The van der Waals surface area contributed by atoms with Crippen LogP contribution in [-0.4, -0.2) is 50.3 Å². The summed E-state index contributed by atoms with van der Waals surface area (Å²) in [5.41, 5.74) is 0.667. The fourth-order valence-electron chi connectivity index (χ4n) is 3.32. The molecule has 4 rings (SSSR count). The molecule has 2 saturated heterocycles. The van der Waals surface area contributed by atoms with Crippen molar-refractivity contribution < 1.29 is 9.53 Å². The highest BCUT2D eigenvalue weighted by Crippen LogP contribution is 2.34. The fraction of sp³-hybridized carbons (Fsp3) is 0.368. The van der Waals surface area contributed by atoms with E-state index in [-0.39, 0.29) is 17.6 Å². The number of nitrogens with zero attached hydrogens (tertiary/aromatic N) is 3. The highest BCUT2D eigenvalue weighted by Gasteiger charge is 2.35. The minimum atomic E-state index is -0.231. The molecule has 7 nitrogen and oxygen atoms in total. The van der Waals surface area contributed by atoms with E-state index in [0.29, 0.717) is 39.3 Å². The molecule has 4 heterocycles. The third-order valence-electron chi connectivity index (χ3n) is 4.67. The summed E-state index contributed by atoms with van der Waals surface area (Å²) in [5.74, 6) is 0.272. The number of anilines is 1. The van der Waals surface area contributed by atoms with E-state index in [9.17, 15) is 9.59 Å². The summed E-state index contributed by atoms with van der Waals surface area (Å²) in [6, 6.07) is 5.37. The maximum Gasteiger partial charge on any atom is 0.267 e. The van der Waals surface area contributed by atoms with E-state index in [1.807, 2.05) is 13.0 Å². The Kier molecular flexibility index (Phi) is 5.47. The summed E-state index contributed by atoms with van der Waals surface area (Å²) in [5, 5.41) is 3.12. The number of amides is 1. The van der Waals surface area contributed by atoms with Crippen LogP contribution < -0.4 is 10.9 Å². The topological polar surface area (TPSA) is 75.9 Å². The van der Waals surface area contributed by atoms with E-state index in [4.69, 9.17) is 17.0 Å². The summed E-state index contributed by atoms with van der Waals surface area (Å²) < 4.78 is 7.59. The van der Waals surface area contributed by atoms with Crippen molar-refractivity contribution in [3.63, 3.8) is 0 Å². The minimum absolute atomic E-state index is 0.0205. The van der Waals surface area contributed by atoms with Gasteiger partial charge in [0.1, 0.15) is 15.8 Å². The number of fused-ring (bicyclic) bond motifs is 1. The van der Waals surface area contributed by atoms with Gasteiger partial charge in [0, 0.05) is 19.3 Å². The lowest BCUT2D eigenvalue weighted by Crippen LogP contribution is -2.35. The van der Waals surface area contributed by atoms with Gasteiger partial charge < -0.3 is 10.1 Å². The van der Waals surface area contributed by atoms with Crippen LogP contribution in [0.15, 0.2) is 34.1 Å². The SMILES string of the molecule is CCNc1nc2ccccn2c(=O)c1/C=C1/SC(=S)N(C[C@H]2CCCO2)C1=O. The van der Waals surface area contributed by atoms with Crippen molar-refractivity contribution in [2.24, 2.45) is 0 Å². The van der Waals surface area contributed by atoms with E-state index in [1.54, 1.807) is 29.3 Å². The number of hydrogen-bond donors (Lipinski definition) is 1. The third-order valence-corrected chi connectivity index (χ3v) is 6.05. The molecule has 2 aliphatic heterocycles. The van der Waals surface area contributed by atoms with E-state index in [0.717, 1.165) is 19.4 Å². The first kappa shape index (κ1) is 19.1. The van der Waals surface area contributed by atoms with Crippen molar-refractivity contribution in [3.8, 4) is 0 Å². The molecule has 1 N–H and O–H groups in total. The highest BCUT2D eigenvalue weighted by atomic mass is 32.2. The van der Waals surface area contributed by atoms with Gasteiger partial charge in [0.2, 0.25) is 0 Å². The number of hydrogen-bond acceptors (Lipinski definition) is 7. The molecule has 0 saturated carbocycles. The molecule has 2 fully saturated rings. The van der Waals surface area contributed by atoms with Crippen molar-refractivity contribution in [1.82, 2.24) is 14.3 Å². The first-order valence-electron chi connectivity index (χ1n) is 9.20. The Balaban J connectivity index is 1.71. The number of rotatable bonds is 5. The van der Waals surface area contributed by atoms with E-state index < -0.39 is 0 Å². The molecule has 0 spiro atoms. The predicted molar refractivity (Wildman–Crippen MR) is 114 cm³/mol. The lowest BCUT2D eigenvalue weighted by Gasteiger charge is -2.18. The van der Waals surface area contributed by atoms with Crippen molar-refractivity contribution in [1.29, 1.82) is 0 Å². The van der Waals surface area contributed by atoms with E-state index in [1.165, 1.54) is 16.2 Å². The van der Waals surface area contributed by atoms with Gasteiger partial charge in [-0.15, -0.1) is 0 Å². The van der Waals surface area contributed by atoms with Gasteiger partial charge in [-0.05, 0) is 38.0 Å². The normalized spacial score (nSPS) is 21.2. The standard InChI is InChI=1S/C19H20N4O3S2/c1-2-20-16-13(17(24)22-8-4-3-7-15(22)21-16)10-14-18(25)23(19(27)28-14)11-12-6-5-9-26-12/h3-4,7-8,10,12,20H,2,5-6,9,11H2,1H3/b14-10+/t12-/m1/s1. The summed E-state index contributed by atoms with van der Waals surface area (Å²) in [7, 11) is 0. The van der Waals surface area contributed by atoms with Crippen LogP contribution in [0.4, 0.5) is 5.82 Å². The second-order valence-corrected chi connectivity index (χ2v) is 8.24. The zero-order valence-electron chi connectivity index (χ0n) is 15.4. The van der Waals surface area contributed by atoms with Gasteiger partial charge in [0.25, 0.3) is 11.5 Å². The van der Waals surface area contributed by atoms with Crippen LogP contribution in [-0.2, 0) is 9.53 Å². The van der Waals surface area contributed by atoms with Gasteiger partial charge >= 0.3 is 0 Å². The predicted octanol–water partition coefficient (Wildman–Crippen LogP) is 2.51. The van der Waals surface area contributed by atoms with Gasteiger partial charge in [-0.25, -0.2) is 4.98 Å². The number of nitrogens with one attached hydrogen (secondary N) is 1. The third kappa shape index (κ3) is 3.57. The van der Waals surface area contributed by atoms with Crippen LogP contribution in [0.1, 0.15) is 25.3 Å². The maximum atomic E-state index is 13.0. The van der Waals surface area contributed by atoms with E-state index >= 15 is 0 Å². The van der Waals surface area contributed by atoms with Gasteiger partial charge in [0.05, 0.1) is 23.1 Å². The first-order valence-corrected chi connectivity index (χ1v) is 10.4. The summed E-state index contributed by atoms with van der Waals surface area (Å²) in [6.07, 6.45) is 5.21. The van der Waals surface area contributed by atoms with Crippen LogP contribution in [0.2, 0.25) is 0 Å². The van der Waals surface area contributed by atoms with Crippen molar-refractivity contribution in [2.75, 3.05) is 25.0 Å². The number of carbonyl (C=O) groups is 1. The van der Waals surface area contributed by atoms with Gasteiger partial charge in [0.15, 0.2) is 0 Å². The zero-order valence-corrected chi connectivity index (χ0v) is 17.0. The van der Waals surface area contributed by atoms with Gasteiger partial charge in [-0.3, -0.25) is 18.9 Å². The van der Waals surface area contributed by atoms with Gasteiger partial charge in [-0.2, -0.15) is 0 Å². The van der Waals surface area contributed by atoms with Crippen LogP contribution in [0.3, 0.4) is 0 Å². The molecule has 146 valence electrons. The smallest absolute Gasteiger partial charge is 0.267 e. The lowest BCUT2D eigenvalue weighted by atomic mass is 10.2. The number of thiocarbonyl (C=S) groups is 1. The Bertz CT molecular complexity index is 1030. The summed E-state index contributed by atoms with van der Waals surface area (Å²) in [4.78, 5) is 32.4. The Hall–Kier alpha value is -2.23. The number of ether oxygens (including phenoxy) is 1. The van der Waals surface area contributed by atoms with E-state index in [2.05, 4.69) is 10.3 Å². The molecule has 0 bridgehead atoms. The average Bonchev–Trinajstić information content (AvgIpc) is 3.29. The van der Waals surface area contributed by atoms with Crippen molar-refractivity contribution in [3.05, 3.63) is 45.2 Å². The Morgan fingerprint density at radius 1 is 1.43 bits per heavy atom. The number of carbonyl (C=O) groups excluding carboxylic acids is 1. The van der Waals surface area contributed by atoms with Crippen LogP contribution in [0.25, 0.3) is 11.7 Å². The number of pyridine rings is 1. The highest BCUT2D eigenvalue weighted by molar-refractivity contribution is 8.26.